The number of anilines is 1. The molecule has 0 radical (unpaired) electrons. The summed E-state index contributed by atoms with van der Waals surface area (Å²) in [5, 5.41) is 7.51. The number of amides is 1. The standard InChI is InChI=1S/C17H17FN2O6S/c1-10(16(21)20-12-5-3-11(18)4-6-12)26-17(22)14-9-13(27(19,23)24)7-8-15(14)25-2/h3-10H,1-2H3,(H,20,21)(H2,19,23,24)/t10-/m1/s1. The number of sulfonamides is 1. The first kappa shape index (κ1) is 20.3. The Labute approximate surface area is 155 Å². The second kappa shape index (κ2) is 8.14. The molecule has 0 fully saturated rings. The third-order valence-electron chi connectivity index (χ3n) is 3.48. The maximum Gasteiger partial charge on any atom is 0.342 e. The SMILES string of the molecule is COc1ccc(S(N)(=O)=O)cc1C(=O)O[C@H](C)C(=O)Nc1ccc(F)cc1. The minimum absolute atomic E-state index is 0.0542. The van der Waals surface area contributed by atoms with Crippen LogP contribution in [-0.2, 0) is 19.6 Å². The highest BCUT2D eigenvalue weighted by molar-refractivity contribution is 7.89. The number of methoxy groups -OCH3 is 1. The van der Waals surface area contributed by atoms with Crippen LogP contribution in [0.25, 0.3) is 0 Å². The lowest BCUT2D eigenvalue weighted by molar-refractivity contribution is -0.123. The van der Waals surface area contributed by atoms with Crippen molar-refractivity contribution in [1.82, 2.24) is 0 Å². The minimum Gasteiger partial charge on any atom is -0.496 e. The van der Waals surface area contributed by atoms with E-state index in [1.807, 2.05) is 0 Å². The van der Waals surface area contributed by atoms with Gasteiger partial charge in [0.2, 0.25) is 10.0 Å². The zero-order valence-electron chi connectivity index (χ0n) is 14.4. The molecule has 0 spiro atoms. The molecule has 0 aliphatic heterocycles. The van der Waals surface area contributed by atoms with Crippen molar-refractivity contribution < 1.29 is 31.9 Å². The number of nitrogens with two attached hydrogens (primary N) is 1. The van der Waals surface area contributed by atoms with E-state index in [0.29, 0.717) is 5.69 Å². The Morgan fingerprint density at radius 1 is 1.15 bits per heavy atom. The molecule has 0 heterocycles. The van der Waals surface area contributed by atoms with Crippen LogP contribution in [-0.4, -0.2) is 33.5 Å². The summed E-state index contributed by atoms with van der Waals surface area (Å²) >= 11 is 0. The summed E-state index contributed by atoms with van der Waals surface area (Å²) < 4.78 is 45.9. The van der Waals surface area contributed by atoms with Gasteiger partial charge in [-0.3, -0.25) is 4.79 Å². The molecule has 0 aromatic heterocycles. The molecule has 144 valence electrons. The summed E-state index contributed by atoms with van der Waals surface area (Å²) in [5.74, 6) is -2.04. The van der Waals surface area contributed by atoms with E-state index in [9.17, 15) is 22.4 Å². The average Bonchev–Trinajstić information content (AvgIpc) is 2.62. The van der Waals surface area contributed by atoms with Gasteiger partial charge >= 0.3 is 5.97 Å². The van der Waals surface area contributed by atoms with E-state index in [0.717, 1.165) is 18.2 Å². The molecule has 3 N–H and O–H groups in total. The first-order valence-corrected chi connectivity index (χ1v) is 9.14. The first-order chi connectivity index (χ1) is 12.6. The van der Waals surface area contributed by atoms with Gasteiger partial charge in [-0.1, -0.05) is 0 Å². The number of ether oxygens (including phenoxy) is 2. The molecule has 0 saturated carbocycles. The Hall–Kier alpha value is -2.98. The predicted octanol–water partition coefficient (Wildman–Crippen LogP) is 1.67. The molecule has 0 unspecified atom stereocenters. The number of hydrogen-bond donors (Lipinski definition) is 2. The maximum atomic E-state index is 12.9. The van der Waals surface area contributed by atoms with E-state index in [4.69, 9.17) is 14.6 Å². The van der Waals surface area contributed by atoms with Crippen LogP contribution in [0.15, 0.2) is 47.4 Å². The third kappa shape index (κ3) is 5.25. The van der Waals surface area contributed by atoms with Crippen LogP contribution in [0.4, 0.5) is 10.1 Å². The van der Waals surface area contributed by atoms with Gasteiger partial charge in [0.05, 0.1) is 12.0 Å². The summed E-state index contributed by atoms with van der Waals surface area (Å²) in [5.41, 5.74) is 0.114. The van der Waals surface area contributed by atoms with Crippen molar-refractivity contribution in [1.29, 1.82) is 0 Å². The van der Waals surface area contributed by atoms with Gasteiger partial charge in [-0.05, 0) is 49.4 Å². The molecular weight excluding hydrogens is 379 g/mol. The van der Waals surface area contributed by atoms with Crippen LogP contribution < -0.4 is 15.2 Å². The van der Waals surface area contributed by atoms with E-state index < -0.39 is 33.8 Å². The van der Waals surface area contributed by atoms with Crippen LogP contribution in [0, 0.1) is 5.82 Å². The maximum absolute atomic E-state index is 12.9. The lowest BCUT2D eigenvalue weighted by atomic mass is 10.2. The Kier molecular flexibility index (Phi) is 6.13. The van der Waals surface area contributed by atoms with E-state index in [1.54, 1.807) is 0 Å². The van der Waals surface area contributed by atoms with Crippen LogP contribution in [0.3, 0.4) is 0 Å². The van der Waals surface area contributed by atoms with Gasteiger partial charge < -0.3 is 14.8 Å². The van der Waals surface area contributed by atoms with Crippen molar-refractivity contribution >= 4 is 27.6 Å². The van der Waals surface area contributed by atoms with E-state index >= 15 is 0 Å². The molecule has 2 aromatic carbocycles. The van der Waals surface area contributed by atoms with Crippen molar-refractivity contribution in [2.75, 3.05) is 12.4 Å². The third-order valence-corrected chi connectivity index (χ3v) is 4.40. The van der Waals surface area contributed by atoms with Gasteiger partial charge in [0.15, 0.2) is 6.10 Å². The largest absolute Gasteiger partial charge is 0.496 e. The van der Waals surface area contributed by atoms with Gasteiger partial charge in [-0.25, -0.2) is 22.7 Å². The Morgan fingerprint density at radius 2 is 1.78 bits per heavy atom. The van der Waals surface area contributed by atoms with E-state index in [-0.39, 0.29) is 16.2 Å². The molecular formula is C17H17FN2O6S. The first-order valence-electron chi connectivity index (χ1n) is 7.60. The van der Waals surface area contributed by atoms with Gasteiger partial charge in [0.25, 0.3) is 5.91 Å². The number of halogens is 1. The van der Waals surface area contributed by atoms with Gasteiger partial charge in [-0.2, -0.15) is 0 Å². The Bertz CT molecular complexity index is 960. The van der Waals surface area contributed by atoms with Crippen LogP contribution in [0.5, 0.6) is 5.75 Å². The second-order valence-corrected chi connectivity index (χ2v) is 7.01. The highest BCUT2D eigenvalue weighted by Gasteiger charge is 2.23. The highest BCUT2D eigenvalue weighted by atomic mass is 32.2. The van der Waals surface area contributed by atoms with E-state index in [1.165, 1.54) is 38.3 Å². The molecule has 0 aliphatic carbocycles. The van der Waals surface area contributed by atoms with Crippen molar-refractivity contribution in [3.8, 4) is 5.75 Å². The van der Waals surface area contributed by atoms with Crippen LogP contribution >= 0.6 is 0 Å². The molecule has 1 atom stereocenters. The molecule has 0 aliphatic rings. The summed E-state index contributed by atoms with van der Waals surface area (Å²) in [6.07, 6.45) is -1.22. The number of primary sulfonamides is 1. The Morgan fingerprint density at radius 3 is 2.33 bits per heavy atom. The number of benzene rings is 2. The molecule has 27 heavy (non-hydrogen) atoms. The summed E-state index contributed by atoms with van der Waals surface area (Å²) in [6, 6.07) is 8.45. The highest BCUT2D eigenvalue weighted by Crippen LogP contribution is 2.23. The van der Waals surface area contributed by atoms with Gasteiger partial charge in [0, 0.05) is 5.69 Å². The van der Waals surface area contributed by atoms with Crippen molar-refractivity contribution in [3.05, 3.63) is 53.8 Å². The van der Waals surface area contributed by atoms with Crippen molar-refractivity contribution in [3.63, 3.8) is 0 Å². The predicted molar refractivity (Wildman–Crippen MR) is 94.3 cm³/mol. The molecule has 2 aromatic rings. The molecule has 0 saturated heterocycles. The number of esters is 1. The molecule has 8 nitrogen and oxygen atoms in total. The minimum atomic E-state index is -4.05. The van der Waals surface area contributed by atoms with Crippen molar-refractivity contribution in [2.45, 2.75) is 17.9 Å². The Balaban J connectivity index is 2.15. The van der Waals surface area contributed by atoms with Crippen LogP contribution in [0.2, 0.25) is 0 Å². The van der Waals surface area contributed by atoms with Gasteiger partial charge in [-0.15, -0.1) is 0 Å². The average molecular weight is 396 g/mol. The molecule has 2 rings (SSSR count). The molecule has 1 amide bonds. The summed E-state index contributed by atoms with van der Waals surface area (Å²) in [4.78, 5) is 24.2. The quantitative estimate of drug-likeness (QED) is 0.716. The van der Waals surface area contributed by atoms with Gasteiger partial charge in [0.1, 0.15) is 17.1 Å². The molecule has 0 bridgehead atoms. The summed E-state index contributed by atoms with van der Waals surface area (Å²) in [6.45, 7) is 1.33. The number of nitrogens with one attached hydrogen (secondary N) is 1. The monoisotopic (exact) mass is 396 g/mol. The normalized spacial score (nSPS) is 12.1. The fourth-order valence-electron chi connectivity index (χ4n) is 2.08. The number of hydrogen-bond acceptors (Lipinski definition) is 6. The molecule has 10 heteroatoms. The summed E-state index contributed by atoms with van der Waals surface area (Å²) in [7, 11) is -2.76. The fraction of sp³-hybridized carbons (Fsp3) is 0.176. The number of rotatable bonds is 6. The lowest BCUT2D eigenvalue weighted by Gasteiger charge is -2.15. The fourth-order valence-corrected chi connectivity index (χ4v) is 2.62. The van der Waals surface area contributed by atoms with Crippen LogP contribution in [0.1, 0.15) is 17.3 Å². The zero-order chi connectivity index (χ0) is 20.2. The topological polar surface area (TPSA) is 125 Å². The van der Waals surface area contributed by atoms with Crippen molar-refractivity contribution in [2.24, 2.45) is 5.14 Å². The number of carbonyl (C=O) groups is 2. The number of carbonyl (C=O) groups excluding carboxylic acids is 2. The zero-order valence-corrected chi connectivity index (χ0v) is 15.2. The van der Waals surface area contributed by atoms with E-state index in [2.05, 4.69) is 5.32 Å². The lowest BCUT2D eigenvalue weighted by Crippen LogP contribution is -2.30. The smallest absolute Gasteiger partial charge is 0.342 e. The second-order valence-electron chi connectivity index (χ2n) is 5.45.